The lowest BCUT2D eigenvalue weighted by atomic mass is 10.3. The molecule has 1 atom stereocenters. The average Bonchev–Trinajstić information content (AvgIpc) is 2.38. The van der Waals surface area contributed by atoms with Crippen LogP contribution in [0.1, 0.15) is 0 Å². The Hall–Kier alpha value is -1.39. The summed E-state index contributed by atoms with van der Waals surface area (Å²) in [6, 6.07) is 9.47. The van der Waals surface area contributed by atoms with E-state index in [1.165, 1.54) is 0 Å². The molecule has 1 heterocycles. The lowest BCUT2D eigenvalue weighted by Gasteiger charge is -2.35. The molecular weight excluding hydrogens is 216 g/mol. The van der Waals surface area contributed by atoms with Crippen molar-refractivity contribution in [3.8, 4) is 5.75 Å². The van der Waals surface area contributed by atoms with Crippen LogP contribution in [0, 0.1) is 0 Å². The first-order valence-corrected chi connectivity index (χ1v) is 5.89. The van der Waals surface area contributed by atoms with Crippen LogP contribution >= 0.6 is 0 Å². The Labute approximate surface area is 102 Å². The maximum Gasteiger partial charge on any atom is 0.209 e. The number of aldehydes is 1. The summed E-state index contributed by atoms with van der Waals surface area (Å²) >= 11 is 0. The van der Waals surface area contributed by atoms with Crippen LogP contribution in [0.25, 0.3) is 0 Å². The number of carbonyl (C=O) groups is 1. The molecule has 4 nitrogen and oxygen atoms in total. The van der Waals surface area contributed by atoms with Gasteiger partial charge in [0, 0.05) is 26.2 Å². The van der Waals surface area contributed by atoms with E-state index in [0.717, 1.165) is 38.2 Å². The van der Waals surface area contributed by atoms with Gasteiger partial charge < -0.3 is 9.64 Å². The minimum atomic E-state index is -0.467. The number of carbonyl (C=O) groups excluding carboxylic acids is 1. The Bertz CT molecular complexity index is 348. The lowest BCUT2D eigenvalue weighted by molar-refractivity contribution is -0.123. The molecule has 0 N–H and O–H groups in total. The fourth-order valence-electron chi connectivity index (χ4n) is 1.90. The average molecular weight is 234 g/mol. The zero-order chi connectivity index (χ0) is 12.1. The molecule has 4 heteroatoms. The van der Waals surface area contributed by atoms with Gasteiger partial charge in [-0.1, -0.05) is 18.2 Å². The topological polar surface area (TPSA) is 32.8 Å². The minimum Gasteiger partial charge on any atom is -0.468 e. The summed E-state index contributed by atoms with van der Waals surface area (Å²) in [5, 5.41) is 0. The highest BCUT2D eigenvalue weighted by Crippen LogP contribution is 2.13. The molecule has 1 aromatic carbocycles. The Morgan fingerprint density at radius 3 is 2.41 bits per heavy atom. The van der Waals surface area contributed by atoms with Gasteiger partial charge in [0.2, 0.25) is 6.23 Å². The van der Waals surface area contributed by atoms with Crippen molar-refractivity contribution in [2.24, 2.45) is 0 Å². The number of ether oxygens (including phenoxy) is 1. The molecule has 0 aromatic heterocycles. The zero-order valence-corrected chi connectivity index (χ0v) is 10.1. The summed E-state index contributed by atoms with van der Waals surface area (Å²) in [5.74, 6) is 0.739. The number of para-hydroxylation sites is 1. The Balaban J connectivity index is 1.95. The van der Waals surface area contributed by atoms with Crippen molar-refractivity contribution in [2.75, 3.05) is 33.2 Å². The van der Waals surface area contributed by atoms with E-state index in [4.69, 9.17) is 4.74 Å². The number of piperazine rings is 1. The summed E-state index contributed by atoms with van der Waals surface area (Å²) in [5.41, 5.74) is 0. The van der Waals surface area contributed by atoms with Crippen molar-refractivity contribution >= 4 is 6.29 Å². The van der Waals surface area contributed by atoms with Crippen LogP contribution in [0.4, 0.5) is 0 Å². The Morgan fingerprint density at radius 1 is 1.18 bits per heavy atom. The molecule has 1 aliphatic rings. The molecule has 1 unspecified atom stereocenters. The van der Waals surface area contributed by atoms with Gasteiger partial charge in [-0.15, -0.1) is 0 Å². The molecule has 2 rings (SSSR count). The molecule has 0 aliphatic carbocycles. The third-order valence-electron chi connectivity index (χ3n) is 3.01. The number of rotatable bonds is 4. The molecule has 0 bridgehead atoms. The predicted molar refractivity (Wildman–Crippen MR) is 66.0 cm³/mol. The van der Waals surface area contributed by atoms with Crippen LogP contribution in [0.15, 0.2) is 30.3 Å². The standard InChI is InChI=1S/C13H18N2O2/c1-14-7-9-15(10-8-14)13(11-16)17-12-5-3-2-4-6-12/h2-6,11,13H,7-10H2,1H3. The first kappa shape index (κ1) is 12.1. The van der Waals surface area contributed by atoms with Gasteiger partial charge in [0.25, 0.3) is 0 Å². The van der Waals surface area contributed by atoms with Crippen LogP contribution in [0.5, 0.6) is 5.75 Å². The normalized spacial score (nSPS) is 19.8. The maximum absolute atomic E-state index is 11.1. The third-order valence-corrected chi connectivity index (χ3v) is 3.01. The van der Waals surface area contributed by atoms with E-state index in [1.807, 2.05) is 30.3 Å². The predicted octanol–water partition coefficient (Wildman–Crippen LogP) is 0.838. The molecule has 1 fully saturated rings. The molecule has 1 aliphatic heterocycles. The lowest BCUT2D eigenvalue weighted by Crippen LogP contribution is -2.51. The Morgan fingerprint density at radius 2 is 1.82 bits per heavy atom. The maximum atomic E-state index is 11.1. The summed E-state index contributed by atoms with van der Waals surface area (Å²) < 4.78 is 5.68. The summed E-state index contributed by atoms with van der Waals surface area (Å²) in [7, 11) is 2.09. The molecule has 0 spiro atoms. The molecule has 0 radical (unpaired) electrons. The SMILES string of the molecule is CN1CCN(C(C=O)Oc2ccccc2)CC1. The smallest absolute Gasteiger partial charge is 0.209 e. The number of hydrogen-bond acceptors (Lipinski definition) is 4. The minimum absolute atomic E-state index is 0.467. The number of hydrogen-bond donors (Lipinski definition) is 0. The molecule has 1 saturated heterocycles. The van der Waals surface area contributed by atoms with Gasteiger partial charge in [-0.25, -0.2) is 0 Å². The molecule has 0 saturated carbocycles. The number of benzene rings is 1. The second-order valence-corrected chi connectivity index (χ2v) is 4.30. The second kappa shape index (κ2) is 5.80. The van der Waals surface area contributed by atoms with E-state index in [2.05, 4.69) is 16.8 Å². The first-order chi connectivity index (χ1) is 8.29. The van der Waals surface area contributed by atoms with Crippen molar-refractivity contribution < 1.29 is 9.53 Å². The van der Waals surface area contributed by atoms with Crippen LogP contribution in [0.3, 0.4) is 0 Å². The van der Waals surface area contributed by atoms with Crippen molar-refractivity contribution in [1.29, 1.82) is 0 Å². The van der Waals surface area contributed by atoms with Gasteiger partial charge in [-0.05, 0) is 19.2 Å². The first-order valence-electron chi connectivity index (χ1n) is 5.89. The molecule has 17 heavy (non-hydrogen) atoms. The van der Waals surface area contributed by atoms with Crippen molar-refractivity contribution in [1.82, 2.24) is 9.80 Å². The highest BCUT2D eigenvalue weighted by Gasteiger charge is 2.23. The summed E-state index contributed by atoms with van der Waals surface area (Å²) in [4.78, 5) is 15.4. The van der Waals surface area contributed by atoms with Crippen LogP contribution in [-0.2, 0) is 4.79 Å². The van der Waals surface area contributed by atoms with E-state index >= 15 is 0 Å². The number of likely N-dealkylation sites (N-methyl/N-ethyl adjacent to an activating group) is 1. The van der Waals surface area contributed by atoms with Crippen molar-refractivity contribution in [2.45, 2.75) is 6.23 Å². The van der Waals surface area contributed by atoms with Gasteiger partial charge >= 0.3 is 0 Å². The van der Waals surface area contributed by atoms with Crippen LogP contribution in [0.2, 0.25) is 0 Å². The van der Waals surface area contributed by atoms with E-state index in [-0.39, 0.29) is 0 Å². The van der Waals surface area contributed by atoms with Gasteiger partial charge in [0.15, 0.2) is 6.29 Å². The monoisotopic (exact) mass is 234 g/mol. The van der Waals surface area contributed by atoms with E-state index in [1.54, 1.807) is 0 Å². The van der Waals surface area contributed by atoms with Crippen molar-refractivity contribution in [3.63, 3.8) is 0 Å². The second-order valence-electron chi connectivity index (χ2n) is 4.30. The van der Waals surface area contributed by atoms with Crippen LogP contribution in [-0.4, -0.2) is 55.5 Å². The van der Waals surface area contributed by atoms with E-state index in [0.29, 0.717) is 0 Å². The van der Waals surface area contributed by atoms with E-state index in [9.17, 15) is 4.79 Å². The zero-order valence-electron chi connectivity index (χ0n) is 10.1. The highest BCUT2D eigenvalue weighted by atomic mass is 16.5. The van der Waals surface area contributed by atoms with E-state index < -0.39 is 6.23 Å². The largest absolute Gasteiger partial charge is 0.468 e. The fourth-order valence-corrected chi connectivity index (χ4v) is 1.90. The van der Waals surface area contributed by atoms with Gasteiger partial charge in [0.05, 0.1) is 0 Å². The fraction of sp³-hybridized carbons (Fsp3) is 0.462. The summed E-state index contributed by atoms with van der Waals surface area (Å²) in [6.45, 7) is 3.68. The summed E-state index contributed by atoms with van der Waals surface area (Å²) in [6.07, 6.45) is 0.407. The van der Waals surface area contributed by atoms with Gasteiger partial charge in [0.1, 0.15) is 5.75 Å². The number of nitrogens with zero attached hydrogens (tertiary/aromatic N) is 2. The molecular formula is C13H18N2O2. The van der Waals surface area contributed by atoms with Crippen molar-refractivity contribution in [3.05, 3.63) is 30.3 Å². The van der Waals surface area contributed by atoms with Gasteiger partial charge in [-0.3, -0.25) is 9.69 Å². The van der Waals surface area contributed by atoms with Crippen LogP contribution < -0.4 is 4.74 Å². The third kappa shape index (κ3) is 3.28. The molecule has 0 amide bonds. The molecule has 92 valence electrons. The van der Waals surface area contributed by atoms with Gasteiger partial charge in [-0.2, -0.15) is 0 Å². The highest BCUT2D eigenvalue weighted by molar-refractivity contribution is 5.56. The Kier molecular flexibility index (Phi) is 4.12. The quantitative estimate of drug-likeness (QED) is 0.723. The molecule has 1 aromatic rings.